The van der Waals surface area contributed by atoms with Gasteiger partial charge >= 0.3 is 0 Å². The summed E-state index contributed by atoms with van der Waals surface area (Å²) in [6.07, 6.45) is 2.06. The monoisotopic (exact) mass is 360 g/mol. The molecule has 0 radical (unpaired) electrons. The molecule has 1 atom stereocenters. The van der Waals surface area contributed by atoms with Crippen molar-refractivity contribution in [3.8, 4) is 11.5 Å². The molecule has 6 heteroatoms. The summed E-state index contributed by atoms with van der Waals surface area (Å²) in [6.45, 7) is 5.58. The van der Waals surface area contributed by atoms with E-state index < -0.39 is 0 Å². The Labute approximate surface area is 155 Å². The van der Waals surface area contributed by atoms with E-state index in [1.54, 1.807) is 7.11 Å². The molecule has 26 heavy (non-hydrogen) atoms. The van der Waals surface area contributed by atoms with Crippen molar-refractivity contribution in [1.29, 1.82) is 0 Å². The standard InChI is InChI=1S/C20H28N2O4/c1-21-12-15(13-24-2)20(14-21)6-8-22(9-7-20)19(23)16-4-3-5-17-18(16)26-11-10-25-17/h3-5,15H,6-14H2,1-2H3. The molecule has 0 saturated carbocycles. The highest BCUT2D eigenvalue weighted by Crippen LogP contribution is 2.45. The maximum Gasteiger partial charge on any atom is 0.257 e. The SMILES string of the molecule is COCC1CN(C)CC12CCN(C(=O)c1cccc3c1OCCO3)CC2. The smallest absolute Gasteiger partial charge is 0.257 e. The fourth-order valence-electron chi connectivity index (χ4n) is 4.87. The quantitative estimate of drug-likeness (QED) is 0.824. The molecule has 142 valence electrons. The summed E-state index contributed by atoms with van der Waals surface area (Å²) in [5.41, 5.74) is 0.896. The van der Waals surface area contributed by atoms with Gasteiger partial charge in [0.15, 0.2) is 11.5 Å². The van der Waals surface area contributed by atoms with Crippen molar-refractivity contribution in [2.24, 2.45) is 11.3 Å². The highest BCUT2D eigenvalue weighted by Gasteiger charge is 2.47. The van der Waals surface area contributed by atoms with Crippen LogP contribution in [-0.4, -0.2) is 75.9 Å². The van der Waals surface area contributed by atoms with E-state index in [9.17, 15) is 4.79 Å². The van der Waals surface area contributed by atoms with E-state index in [0.717, 1.165) is 45.6 Å². The van der Waals surface area contributed by atoms with Crippen LogP contribution in [0.5, 0.6) is 11.5 Å². The maximum atomic E-state index is 13.1. The van der Waals surface area contributed by atoms with Crippen molar-refractivity contribution in [1.82, 2.24) is 9.80 Å². The van der Waals surface area contributed by atoms with E-state index in [-0.39, 0.29) is 11.3 Å². The van der Waals surface area contributed by atoms with Gasteiger partial charge in [-0.25, -0.2) is 0 Å². The van der Waals surface area contributed by atoms with Crippen LogP contribution in [0.25, 0.3) is 0 Å². The average molecular weight is 360 g/mol. The number of rotatable bonds is 3. The molecule has 3 aliphatic heterocycles. The van der Waals surface area contributed by atoms with E-state index >= 15 is 0 Å². The van der Waals surface area contributed by atoms with Gasteiger partial charge in [-0.1, -0.05) is 6.07 Å². The zero-order valence-electron chi connectivity index (χ0n) is 15.7. The molecule has 1 unspecified atom stereocenters. The maximum absolute atomic E-state index is 13.1. The molecule has 3 aliphatic rings. The Kier molecular flexibility index (Phi) is 4.80. The second-order valence-electron chi connectivity index (χ2n) is 7.83. The third kappa shape index (κ3) is 3.05. The van der Waals surface area contributed by atoms with E-state index in [1.165, 1.54) is 0 Å². The number of piperidine rings is 1. The van der Waals surface area contributed by atoms with Gasteiger partial charge in [0, 0.05) is 39.2 Å². The normalized spacial score (nSPS) is 24.8. The molecule has 6 nitrogen and oxygen atoms in total. The number of carbonyl (C=O) groups is 1. The number of ether oxygens (including phenoxy) is 3. The number of amides is 1. The van der Waals surface area contributed by atoms with E-state index in [4.69, 9.17) is 14.2 Å². The molecule has 1 amide bonds. The van der Waals surface area contributed by atoms with Crippen LogP contribution in [0.1, 0.15) is 23.2 Å². The van der Waals surface area contributed by atoms with Crippen molar-refractivity contribution in [2.75, 3.05) is 60.2 Å². The van der Waals surface area contributed by atoms with Crippen molar-refractivity contribution in [3.63, 3.8) is 0 Å². The Hall–Kier alpha value is -1.79. The summed E-state index contributed by atoms with van der Waals surface area (Å²) in [7, 11) is 3.97. The Morgan fingerprint density at radius 2 is 2.04 bits per heavy atom. The second-order valence-corrected chi connectivity index (χ2v) is 7.83. The van der Waals surface area contributed by atoms with Crippen molar-refractivity contribution >= 4 is 5.91 Å². The number of nitrogens with zero attached hydrogens (tertiary/aromatic N) is 2. The lowest BCUT2D eigenvalue weighted by Gasteiger charge is -2.42. The highest BCUT2D eigenvalue weighted by molar-refractivity contribution is 5.98. The van der Waals surface area contributed by atoms with E-state index in [0.29, 0.717) is 36.2 Å². The lowest BCUT2D eigenvalue weighted by molar-refractivity contribution is 0.0321. The first-order valence-corrected chi connectivity index (χ1v) is 9.48. The van der Waals surface area contributed by atoms with Gasteiger partial charge in [-0.05, 0) is 37.4 Å². The predicted molar refractivity (Wildman–Crippen MR) is 97.9 cm³/mol. The number of likely N-dealkylation sites (tertiary alicyclic amines) is 2. The molecule has 1 aromatic rings. The molecule has 0 aromatic heterocycles. The fraction of sp³-hybridized carbons (Fsp3) is 0.650. The minimum atomic E-state index is 0.0526. The summed E-state index contributed by atoms with van der Waals surface area (Å²) in [5, 5.41) is 0. The van der Waals surface area contributed by atoms with Gasteiger partial charge in [0.25, 0.3) is 5.91 Å². The average Bonchev–Trinajstić information content (AvgIpc) is 2.96. The minimum Gasteiger partial charge on any atom is -0.486 e. The van der Waals surface area contributed by atoms with Crippen LogP contribution in [0.3, 0.4) is 0 Å². The van der Waals surface area contributed by atoms with Crippen LogP contribution < -0.4 is 9.47 Å². The topological polar surface area (TPSA) is 51.2 Å². The first kappa shape index (κ1) is 17.6. The summed E-state index contributed by atoms with van der Waals surface area (Å²) in [5.74, 6) is 1.88. The zero-order valence-corrected chi connectivity index (χ0v) is 15.7. The summed E-state index contributed by atoms with van der Waals surface area (Å²) >= 11 is 0. The molecule has 0 bridgehead atoms. The van der Waals surface area contributed by atoms with Gasteiger partial charge in [-0.15, -0.1) is 0 Å². The molecule has 2 saturated heterocycles. The van der Waals surface area contributed by atoms with Crippen LogP contribution >= 0.6 is 0 Å². The Balaban J connectivity index is 1.48. The van der Waals surface area contributed by atoms with E-state index in [2.05, 4.69) is 11.9 Å². The Morgan fingerprint density at radius 1 is 1.27 bits per heavy atom. The third-order valence-corrected chi connectivity index (χ3v) is 6.19. The minimum absolute atomic E-state index is 0.0526. The fourth-order valence-corrected chi connectivity index (χ4v) is 4.87. The van der Waals surface area contributed by atoms with Gasteiger partial charge in [-0.2, -0.15) is 0 Å². The van der Waals surface area contributed by atoms with Gasteiger partial charge in [0.1, 0.15) is 13.2 Å². The van der Waals surface area contributed by atoms with E-state index in [1.807, 2.05) is 23.1 Å². The van der Waals surface area contributed by atoms with Crippen LogP contribution in [0.4, 0.5) is 0 Å². The molecular weight excluding hydrogens is 332 g/mol. The molecule has 2 fully saturated rings. The number of hydrogen-bond donors (Lipinski definition) is 0. The second kappa shape index (κ2) is 7.08. The van der Waals surface area contributed by atoms with Crippen molar-refractivity contribution < 1.29 is 19.0 Å². The number of fused-ring (bicyclic) bond motifs is 1. The molecule has 4 rings (SSSR count). The summed E-state index contributed by atoms with van der Waals surface area (Å²) in [6, 6.07) is 5.57. The van der Waals surface area contributed by atoms with Crippen molar-refractivity contribution in [3.05, 3.63) is 23.8 Å². The first-order valence-electron chi connectivity index (χ1n) is 9.48. The molecule has 3 heterocycles. The summed E-state index contributed by atoms with van der Waals surface area (Å²) in [4.78, 5) is 17.5. The summed E-state index contributed by atoms with van der Waals surface area (Å²) < 4.78 is 16.8. The van der Waals surface area contributed by atoms with Gasteiger partial charge in [-0.3, -0.25) is 4.79 Å². The lowest BCUT2D eigenvalue weighted by atomic mass is 9.71. The number of methoxy groups -OCH3 is 1. The molecule has 0 aliphatic carbocycles. The zero-order chi connectivity index (χ0) is 18.1. The molecular formula is C20H28N2O4. The Morgan fingerprint density at radius 3 is 2.81 bits per heavy atom. The largest absolute Gasteiger partial charge is 0.486 e. The highest BCUT2D eigenvalue weighted by atomic mass is 16.6. The third-order valence-electron chi connectivity index (χ3n) is 6.19. The van der Waals surface area contributed by atoms with Crippen LogP contribution in [-0.2, 0) is 4.74 Å². The van der Waals surface area contributed by atoms with Gasteiger partial charge in [0.2, 0.25) is 0 Å². The Bertz CT molecular complexity index is 670. The first-order chi connectivity index (χ1) is 12.6. The van der Waals surface area contributed by atoms with Gasteiger partial charge in [0.05, 0.1) is 12.2 Å². The molecule has 1 spiro atoms. The van der Waals surface area contributed by atoms with Gasteiger partial charge < -0.3 is 24.0 Å². The number of benzene rings is 1. The van der Waals surface area contributed by atoms with Crippen LogP contribution in [0.2, 0.25) is 0 Å². The van der Waals surface area contributed by atoms with Crippen LogP contribution in [0, 0.1) is 11.3 Å². The number of hydrogen-bond acceptors (Lipinski definition) is 5. The predicted octanol–water partition coefficient (Wildman–Crippen LogP) is 1.89. The van der Waals surface area contributed by atoms with Crippen molar-refractivity contribution in [2.45, 2.75) is 12.8 Å². The number of carbonyl (C=O) groups excluding carboxylic acids is 1. The molecule has 1 aromatic carbocycles. The molecule has 0 N–H and O–H groups in total. The lowest BCUT2D eigenvalue weighted by Crippen LogP contribution is -2.47. The van der Waals surface area contributed by atoms with Crippen LogP contribution in [0.15, 0.2) is 18.2 Å². The number of para-hydroxylation sites is 1.